The molecule has 2 aromatic rings. The van der Waals surface area contributed by atoms with Crippen LogP contribution in [0.3, 0.4) is 0 Å². The fourth-order valence-electron chi connectivity index (χ4n) is 4.72. The van der Waals surface area contributed by atoms with Gasteiger partial charge in [0, 0.05) is 24.7 Å². The molecule has 1 aliphatic heterocycles. The Morgan fingerprint density at radius 2 is 1.66 bits per heavy atom. The van der Waals surface area contributed by atoms with Gasteiger partial charge >= 0.3 is 0 Å². The molecule has 4 N–H and O–H groups in total. The number of carbonyl (C=O) groups excluding carboxylic acids is 4. The van der Waals surface area contributed by atoms with Crippen molar-refractivity contribution in [3.8, 4) is 0 Å². The topological polar surface area (TPSA) is 120 Å². The monoisotopic (exact) mass is 567 g/mol. The summed E-state index contributed by atoms with van der Waals surface area (Å²) in [4.78, 5) is 54.6. The van der Waals surface area contributed by atoms with Crippen LogP contribution in [0.1, 0.15) is 55.6 Å². The summed E-state index contributed by atoms with van der Waals surface area (Å²) in [6.07, 6.45) is 0.715. The lowest BCUT2D eigenvalue weighted by molar-refractivity contribution is -0.144. The zero-order valence-electron chi connectivity index (χ0n) is 24.7. The SMILES string of the molecule is CN[C@@H](C)C(=O)N[C@H](C(=O)N1C[C@@H](NC(=O)c2ccc(C)cc2)C[C@H]1C(=O)NCCc1ccc(F)cc1)C(C)(C)C. The van der Waals surface area contributed by atoms with E-state index in [-0.39, 0.29) is 42.4 Å². The normalized spacial score (nSPS) is 18.4. The van der Waals surface area contributed by atoms with Crippen molar-refractivity contribution in [1.29, 1.82) is 0 Å². The predicted molar refractivity (Wildman–Crippen MR) is 156 cm³/mol. The fourth-order valence-corrected chi connectivity index (χ4v) is 4.72. The second-order valence-corrected chi connectivity index (χ2v) is 11.8. The van der Waals surface area contributed by atoms with Crippen LogP contribution in [-0.4, -0.2) is 72.8 Å². The molecule has 0 radical (unpaired) electrons. The van der Waals surface area contributed by atoms with E-state index in [9.17, 15) is 23.6 Å². The maximum atomic E-state index is 14.0. The van der Waals surface area contributed by atoms with Crippen molar-refractivity contribution < 1.29 is 23.6 Å². The second kappa shape index (κ2) is 13.7. The third kappa shape index (κ3) is 8.60. The first-order valence-electron chi connectivity index (χ1n) is 14.0. The molecule has 1 saturated heterocycles. The van der Waals surface area contributed by atoms with E-state index in [0.717, 1.165) is 11.1 Å². The minimum Gasteiger partial charge on any atom is -0.354 e. The highest BCUT2D eigenvalue weighted by Crippen LogP contribution is 2.26. The van der Waals surface area contributed by atoms with Crippen molar-refractivity contribution >= 4 is 23.6 Å². The van der Waals surface area contributed by atoms with Crippen molar-refractivity contribution in [2.75, 3.05) is 20.1 Å². The van der Waals surface area contributed by atoms with Crippen molar-refractivity contribution in [2.45, 2.75) is 71.6 Å². The largest absolute Gasteiger partial charge is 0.354 e. The smallest absolute Gasteiger partial charge is 0.251 e. The number of hydrogen-bond donors (Lipinski definition) is 4. The molecule has 1 aliphatic rings. The van der Waals surface area contributed by atoms with Crippen LogP contribution in [0.4, 0.5) is 4.39 Å². The number of likely N-dealkylation sites (N-methyl/N-ethyl adjacent to an activating group) is 1. The van der Waals surface area contributed by atoms with Crippen LogP contribution in [0.2, 0.25) is 0 Å². The zero-order chi connectivity index (χ0) is 30.3. The van der Waals surface area contributed by atoms with Gasteiger partial charge in [0.1, 0.15) is 17.9 Å². The Morgan fingerprint density at radius 3 is 2.24 bits per heavy atom. The predicted octanol–water partition coefficient (Wildman–Crippen LogP) is 2.33. The molecule has 4 atom stereocenters. The molecule has 2 aromatic carbocycles. The van der Waals surface area contributed by atoms with E-state index in [1.807, 2.05) is 39.8 Å². The van der Waals surface area contributed by atoms with E-state index < -0.39 is 29.6 Å². The summed E-state index contributed by atoms with van der Waals surface area (Å²) in [5, 5.41) is 11.6. The number of nitrogens with one attached hydrogen (secondary N) is 4. The average molecular weight is 568 g/mol. The quantitative estimate of drug-likeness (QED) is 0.351. The number of hydrogen-bond acceptors (Lipinski definition) is 5. The number of likely N-dealkylation sites (tertiary alicyclic amines) is 1. The van der Waals surface area contributed by atoms with Crippen LogP contribution in [0.15, 0.2) is 48.5 Å². The lowest BCUT2D eigenvalue weighted by atomic mass is 9.85. The molecular formula is C31H42FN5O4. The van der Waals surface area contributed by atoms with E-state index in [1.54, 1.807) is 38.2 Å². The first-order chi connectivity index (χ1) is 19.3. The summed E-state index contributed by atoms with van der Waals surface area (Å²) in [6, 6.07) is 10.5. The Kier molecular flexibility index (Phi) is 10.6. The number of benzene rings is 2. The number of amides is 4. The first kappa shape index (κ1) is 31.7. The molecule has 1 heterocycles. The molecule has 0 unspecified atom stereocenters. The maximum Gasteiger partial charge on any atom is 0.251 e. The Labute approximate surface area is 241 Å². The standard InChI is InChI=1S/C31H42FN5O4/c1-19-7-11-22(12-8-19)28(39)35-24-17-25(29(40)34-16-15-21-9-13-23(32)14-10-21)37(18-24)30(41)26(31(3,4)5)36-27(38)20(2)33-6/h7-14,20,24-26,33H,15-18H2,1-6H3,(H,34,40)(H,35,39)(H,36,38)/t20-,24-,25-,26+/m0/s1. The van der Waals surface area contributed by atoms with Crippen LogP contribution in [0, 0.1) is 18.2 Å². The molecular weight excluding hydrogens is 525 g/mol. The molecule has 0 aliphatic carbocycles. The highest BCUT2D eigenvalue weighted by atomic mass is 19.1. The molecule has 10 heteroatoms. The number of halogens is 1. The van der Waals surface area contributed by atoms with Crippen LogP contribution < -0.4 is 21.3 Å². The molecule has 0 aromatic heterocycles. The molecule has 222 valence electrons. The van der Waals surface area contributed by atoms with E-state index >= 15 is 0 Å². The van der Waals surface area contributed by atoms with E-state index in [2.05, 4.69) is 21.3 Å². The van der Waals surface area contributed by atoms with Crippen LogP contribution in [-0.2, 0) is 20.8 Å². The lowest BCUT2D eigenvalue weighted by Gasteiger charge is -2.36. The van der Waals surface area contributed by atoms with Gasteiger partial charge in [-0.15, -0.1) is 0 Å². The summed E-state index contributed by atoms with van der Waals surface area (Å²) >= 11 is 0. The van der Waals surface area contributed by atoms with Crippen molar-refractivity contribution in [3.05, 3.63) is 71.0 Å². The van der Waals surface area contributed by atoms with Gasteiger partial charge in [0.15, 0.2) is 0 Å². The number of nitrogens with zero attached hydrogens (tertiary/aromatic N) is 1. The molecule has 4 amide bonds. The summed E-state index contributed by atoms with van der Waals surface area (Å²) < 4.78 is 13.2. The number of rotatable bonds is 10. The lowest BCUT2D eigenvalue weighted by Crippen LogP contribution is -2.59. The van der Waals surface area contributed by atoms with Gasteiger partial charge in [-0.3, -0.25) is 19.2 Å². The maximum absolute atomic E-state index is 14.0. The highest BCUT2D eigenvalue weighted by Gasteiger charge is 2.45. The van der Waals surface area contributed by atoms with Gasteiger partial charge in [-0.2, -0.15) is 0 Å². The van der Waals surface area contributed by atoms with Crippen LogP contribution >= 0.6 is 0 Å². The van der Waals surface area contributed by atoms with Crippen molar-refractivity contribution in [2.24, 2.45) is 5.41 Å². The summed E-state index contributed by atoms with van der Waals surface area (Å²) in [6.45, 7) is 9.60. The van der Waals surface area contributed by atoms with Gasteiger partial charge in [0.2, 0.25) is 17.7 Å². The third-order valence-electron chi connectivity index (χ3n) is 7.39. The highest BCUT2D eigenvalue weighted by molar-refractivity contribution is 5.96. The van der Waals surface area contributed by atoms with E-state index in [0.29, 0.717) is 18.5 Å². The molecule has 0 bridgehead atoms. The van der Waals surface area contributed by atoms with Gasteiger partial charge in [-0.25, -0.2) is 4.39 Å². The van der Waals surface area contributed by atoms with Crippen LogP contribution in [0.25, 0.3) is 0 Å². The molecule has 41 heavy (non-hydrogen) atoms. The fraction of sp³-hybridized carbons (Fsp3) is 0.484. The van der Waals surface area contributed by atoms with Gasteiger partial charge in [-0.1, -0.05) is 50.6 Å². The van der Waals surface area contributed by atoms with Gasteiger partial charge in [0.25, 0.3) is 5.91 Å². The van der Waals surface area contributed by atoms with Crippen molar-refractivity contribution in [3.63, 3.8) is 0 Å². The number of aryl methyl sites for hydroxylation is 1. The summed E-state index contributed by atoms with van der Waals surface area (Å²) in [7, 11) is 1.66. The van der Waals surface area contributed by atoms with E-state index in [4.69, 9.17) is 0 Å². The Balaban J connectivity index is 1.79. The Morgan fingerprint density at radius 1 is 1.02 bits per heavy atom. The second-order valence-electron chi connectivity index (χ2n) is 11.8. The minimum absolute atomic E-state index is 0.122. The molecule has 0 spiro atoms. The van der Waals surface area contributed by atoms with E-state index in [1.165, 1.54) is 17.0 Å². The van der Waals surface area contributed by atoms with Crippen LogP contribution in [0.5, 0.6) is 0 Å². The number of carbonyl (C=O) groups is 4. The Hall–Kier alpha value is -3.79. The minimum atomic E-state index is -0.896. The zero-order valence-corrected chi connectivity index (χ0v) is 24.7. The first-order valence-corrected chi connectivity index (χ1v) is 14.0. The summed E-state index contributed by atoms with van der Waals surface area (Å²) in [5.74, 6) is -1.69. The molecule has 0 saturated carbocycles. The Bertz CT molecular complexity index is 1230. The van der Waals surface area contributed by atoms with Gasteiger partial charge < -0.3 is 26.2 Å². The molecule has 1 fully saturated rings. The van der Waals surface area contributed by atoms with Crippen molar-refractivity contribution in [1.82, 2.24) is 26.2 Å². The van der Waals surface area contributed by atoms with Gasteiger partial charge in [0.05, 0.1) is 6.04 Å². The summed E-state index contributed by atoms with van der Waals surface area (Å²) in [5.41, 5.74) is 1.73. The molecule has 3 rings (SSSR count). The molecule has 9 nitrogen and oxygen atoms in total. The average Bonchev–Trinajstić information content (AvgIpc) is 3.35. The third-order valence-corrected chi connectivity index (χ3v) is 7.39. The van der Waals surface area contributed by atoms with Gasteiger partial charge in [-0.05, 0) is 69.0 Å².